The van der Waals surface area contributed by atoms with Crippen LogP contribution in [-0.2, 0) is 38.0 Å². The molecule has 0 aliphatic carbocycles. The number of Topliss-reactive ketones (excluding diaryl/α,β-unsaturated/α-hetero) is 1. The number of aliphatic hydroxyl groups excluding tert-OH is 10. The van der Waals surface area contributed by atoms with E-state index in [0.29, 0.717) is 19.5 Å². The van der Waals surface area contributed by atoms with E-state index in [1.165, 1.54) is 0 Å². The van der Waals surface area contributed by atoms with Gasteiger partial charge in [-0.05, 0) is 6.42 Å². The first-order chi connectivity index (χ1) is 22.5. The molecular formula is C27H50N2O18. The van der Waals surface area contributed by atoms with E-state index in [0.717, 1.165) is 0 Å². The summed E-state index contributed by atoms with van der Waals surface area (Å²) < 4.78 is 39.2. The Bertz CT molecular complexity index is 908. The smallest absolute Gasteiger partial charge is 0.187 e. The average Bonchev–Trinajstić information content (AvgIpc) is 3.06. The molecule has 3 aliphatic rings. The summed E-state index contributed by atoms with van der Waals surface area (Å²) in [5, 5.41) is 105. The van der Waals surface area contributed by atoms with Gasteiger partial charge in [-0.25, -0.2) is 0 Å². The molecule has 13 N–H and O–H groups in total. The molecule has 15 atom stereocenters. The maximum atomic E-state index is 11.8. The van der Waals surface area contributed by atoms with Crippen LogP contribution in [0.25, 0.3) is 0 Å². The van der Waals surface area contributed by atoms with Crippen molar-refractivity contribution in [2.24, 2.45) is 5.73 Å². The van der Waals surface area contributed by atoms with Gasteiger partial charge in [0.25, 0.3) is 0 Å². The summed E-state index contributed by atoms with van der Waals surface area (Å²) in [6.07, 6.45) is -24.5. The Morgan fingerprint density at radius 1 is 0.638 bits per heavy atom. The fraction of sp³-hybridized carbons (Fsp3) is 0.963. The van der Waals surface area contributed by atoms with E-state index >= 15 is 0 Å². The number of aliphatic hydroxyl groups is 10. The van der Waals surface area contributed by atoms with Gasteiger partial charge in [-0.15, -0.1) is 0 Å². The third kappa shape index (κ3) is 10.7. The molecule has 3 saturated heterocycles. The van der Waals surface area contributed by atoms with E-state index in [-0.39, 0.29) is 38.6 Å². The molecular weight excluding hydrogens is 640 g/mol. The van der Waals surface area contributed by atoms with Crippen LogP contribution in [0, 0.1) is 0 Å². The van der Waals surface area contributed by atoms with Gasteiger partial charge < -0.3 is 95.3 Å². The number of hydrogen-bond donors (Lipinski definition) is 12. The van der Waals surface area contributed by atoms with Crippen LogP contribution in [-0.4, -0.2) is 208 Å². The molecule has 0 aromatic rings. The molecule has 276 valence electrons. The molecule has 0 bridgehead atoms. The quantitative estimate of drug-likeness (QED) is 0.0560. The monoisotopic (exact) mass is 690 g/mol. The molecule has 20 nitrogen and oxygen atoms in total. The van der Waals surface area contributed by atoms with Crippen LogP contribution in [0.1, 0.15) is 12.8 Å². The molecule has 3 heterocycles. The standard InChI is InChI=1S/C27H50N2O18/c28-3-4-29-8-12(33)2-1-5-41-6-7-42-26-23(20(38)17(35)14(10-31)44-26)47-27-24(21(39)18(36)15(11-32)45-27)46-25-22(40)19(37)16(34)13(9-30)43-25/h13-27,29-32,34-40H,1-11,28H2/t13?,14?,15?,16-,17-,18-,19+,20+,21+,22?,23?,24?,25+,26+,27-/m1/s1. The normalized spacial score (nSPS) is 41.2. The van der Waals surface area contributed by atoms with Crippen molar-refractivity contribution in [2.45, 2.75) is 105 Å². The second-order valence-electron chi connectivity index (χ2n) is 11.4. The third-order valence-corrected chi connectivity index (χ3v) is 7.98. The molecule has 47 heavy (non-hydrogen) atoms. The molecule has 6 unspecified atom stereocenters. The molecule has 3 aliphatic heterocycles. The van der Waals surface area contributed by atoms with Crippen LogP contribution in [0.2, 0.25) is 0 Å². The first kappa shape index (κ1) is 40.3. The number of carbonyl (C=O) groups excluding carboxylic acids is 1. The van der Waals surface area contributed by atoms with Gasteiger partial charge in [0.05, 0.1) is 39.6 Å². The van der Waals surface area contributed by atoms with E-state index < -0.39 is 112 Å². The predicted molar refractivity (Wildman–Crippen MR) is 152 cm³/mol. The van der Waals surface area contributed by atoms with E-state index in [1.54, 1.807) is 0 Å². The lowest BCUT2D eigenvalue weighted by Gasteiger charge is -2.48. The lowest BCUT2D eigenvalue weighted by Crippen LogP contribution is -2.67. The van der Waals surface area contributed by atoms with Crippen LogP contribution in [0.15, 0.2) is 0 Å². The van der Waals surface area contributed by atoms with Gasteiger partial charge >= 0.3 is 0 Å². The van der Waals surface area contributed by atoms with Gasteiger partial charge in [-0.3, -0.25) is 4.79 Å². The van der Waals surface area contributed by atoms with Crippen molar-refractivity contribution < 1.29 is 89.0 Å². The minimum absolute atomic E-state index is 0.00341. The largest absolute Gasteiger partial charge is 0.394 e. The zero-order valence-electron chi connectivity index (χ0n) is 25.8. The lowest BCUT2D eigenvalue weighted by molar-refractivity contribution is -0.393. The highest BCUT2D eigenvalue weighted by atomic mass is 16.8. The van der Waals surface area contributed by atoms with Crippen LogP contribution in [0.5, 0.6) is 0 Å². The van der Waals surface area contributed by atoms with Crippen LogP contribution in [0.3, 0.4) is 0 Å². The van der Waals surface area contributed by atoms with Crippen LogP contribution in [0.4, 0.5) is 0 Å². The van der Waals surface area contributed by atoms with Crippen molar-refractivity contribution in [3.05, 3.63) is 0 Å². The Balaban J connectivity index is 1.67. The highest BCUT2D eigenvalue weighted by Gasteiger charge is 2.54. The number of hydrogen-bond acceptors (Lipinski definition) is 20. The fourth-order valence-corrected chi connectivity index (χ4v) is 5.25. The SMILES string of the molecule is NCCNCC(=O)CCCOCCO[C@H]1OC(CO)[C@@H](O)[C@H](O)C1O[C@H]1OC(CO)[C@@H](O)[C@H](O)C1O[C@@H]1OC(CO)[C@@H](O)[C@H](O)C1O. The van der Waals surface area contributed by atoms with Crippen LogP contribution < -0.4 is 11.1 Å². The number of ketones is 1. The number of ether oxygens (including phenoxy) is 7. The fourth-order valence-electron chi connectivity index (χ4n) is 5.25. The molecule has 3 fully saturated rings. The molecule has 0 aromatic heterocycles. The maximum absolute atomic E-state index is 11.8. The minimum Gasteiger partial charge on any atom is -0.394 e. The maximum Gasteiger partial charge on any atom is 0.187 e. The number of nitrogens with two attached hydrogens (primary N) is 1. The highest BCUT2D eigenvalue weighted by molar-refractivity contribution is 5.80. The third-order valence-electron chi connectivity index (χ3n) is 7.98. The van der Waals surface area contributed by atoms with E-state index in [9.17, 15) is 55.9 Å². The Kier molecular flexibility index (Phi) is 17.1. The predicted octanol–water partition coefficient (Wildman–Crippen LogP) is -7.63. The summed E-state index contributed by atoms with van der Waals surface area (Å²) in [5.74, 6) is -0.00341. The van der Waals surface area contributed by atoms with Crippen molar-refractivity contribution in [3.63, 3.8) is 0 Å². The Labute approximate surface area is 270 Å². The van der Waals surface area contributed by atoms with E-state index in [1.807, 2.05) is 0 Å². The van der Waals surface area contributed by atoms with Gasteiger partial charge in [0, 0.05) is 26.1 Å². The molecule has 3 rings (SSSR count). The van der Waals surface area contributed by atoms with Gasteiger partial charge in [-0.1, -0.05) is 0 Å². The second-order valence-corrected chi connectivity index (χ2v) is 11.4. The first-order valence-electron chi connectivity index (χ1n) is 15.5. The zero-order chi connectivity index (χ0) is 34.7. The van der Waals surface area contributed by atoms with Gasteiger partial charge in [0.15, 0.2) is 18.9 Å². The minimum atomic E-state index is -1.91. The number of rotatable bonds is 19. The van der Waals surface area contributed by atoms with Crippen molar-refractivity contribution >= 4 is 5.78 Å². The van der Waals surface area contributed by atoms with E-state index in [4.69, 9.17) is 38.9 Å². The molecule has 0 saturated carbocycles. The topological polar surface area (TPSA) is 322 Å². The number of nitrogens with one attached hydrogen (secondary N) is 1. The lowest BCUT2D eigenvalue weighted by atomic mass is 9.96. The van der Waals surface area contributed by atoms with Crippen molar-refractivity contribution in [1.82, 2.24) is 5.32 Å². The number of carbonyl (C=O) groups is 1. The Morgan fingerprint density at radius 3 is 1.72 bits per heavy atom. The summed E-state index contributed by atoms with van der Waals surface area (Å²) in [6.45, 7) is -1.06. The van der Waals surface area contributed by atoms with Gasteiger partial charge in [0.1, 0.15) is 79.0 Å². The molecule has 20 heteroatoms. The summed E-state index contributed by atoms with van der Waals surface area (Å²) in [5.41, 5.74) is 5.37. The van der Waals surface area contributed by atoms with Gasteiger partial charge in [-0.2, -0.15) is 0 Å². The zero-order valence-corrected chi connectivity index (χ0v) is 25.8. The molecule has 0 amide bonds. The highest BCUT2D eigenvalue weighted by Crippen LogP contribution is 2.33. The average molecular weight is 691 g/mol. The Hall–Kier alpha value is -1.09. The van der Waals surface area contributed by atoms with Gasteiger partial charge in [0.2, 0.25) is 0 Å². The molecule has 0 radical (unpaired) electrons. The van der Waals surface area contributed by atoms with Crippen molar-refractivity contribution in [3.8, 4) is 0 Å². The first-order valence-corrected chi connectivity index (χ1v) is 15.5. The van der Waals surface area contributed by atoms with E-state index in [2.05, 4.69) is 5.32 Å². The summed E-state index contributed by atoms with van der Waals surface area (Å²) in [4.78, 5) is 11.8. The van der Waals surface area contributed by atoms with Crippen molar-refractivity contribution in [1.29, 1.82) is 0 Å². The van der Waals surface area contributed by atoms with Crippen molar-refractivity contribution in [2.75, 3.05) is 59.3 Å². The molecule has 0 spiro atoms. The summed E-state index contributed by atoms with van der Waals surface area (Å²) in [7, 11) is 0. The summed E-state index contributed by atoms with van der Waals surface area (Å²) in [6, 6.07) is 0. The van der Waals surface area contributed by atoms with Crippen LogP contribution >= 0.6 is 0 Å². The second kappa shape index (κ2) is 19.9. The summed E-state index contributed by atoms with van der Waals surface area (Å²) >= 11 is 0. The molecule has 0 aromatic carbocycles. The Morgan fingerprint density at radius 2 is 1.15 bits per heavy atom.